The lowest BCUT2D eigenvalue weighted by Crippen LogP contribution is -1.96. The Hall–Kier alpha value is -2.56. The van der Waals surface area contributed by atoms with Gasteiger partial charge in [0.15, 0.2) is 5.76 Å². The molecule has 1 aromatic heterocycles. The summed E-state index contributed by atoms with van der Waals surface area (Å²) in [5.41, 5.74) is 1.39. The Morgan fingerprint density at radius 2 is 2.32 bits per heavy atom. The van der Waals surface area contributed by atoms with Crippen molar-refractivity contribution in [1.82, 2.24) is 5.16 Å². The maximum Gasteiger partial charge on any atom is 0.309 e. The molecule has 0 saturated carbocycles. The Kier molecular flexibility index (Phi) is 3.97. The summed E-state index contributed by atoms with van der Waals surface area (Å²) in [5.74, 6) is 0.299. The molecule has 1 aromatic carbocycles. The molecule has 0 bridgehead atoms. The molecule has 0 unspecified atom stereocenters. The van der Waals surface area contributed by atoms with Gasteiger partial charge < -0.3 is 14.4 Å². The molecule has 0 saturated heterocycles. The van der Waals surface area contributed by atoms with Crippen LogP contribution in [0.15, 0.2) is 41.1 Å². The summed E-state index contributed by atoms with van der Waals surface area (Å²) in [5, 5.41) is 13.4. The third kappa shape index (κ3) is 3.22. The standard InChI is InChI=1S/C14H13NO4/c1-18-14(17)4-2-3-10-5-6-12(16)11(9-10)13-7-8-15-19-13/h2-3,5-9,16H,4H2,1H3. The van der Waals surface area contributed by atoms with Gasteiger partial charge in [0.2, 0.25) is 0 Å². The van der Waals surface area contributed by atoms with E-state index in [1.165, 1.54) is 13.3 Å². The third-order valence-corrected chi connectivity index (χ3v) is 2.55. The van der Waals surface area contributed by atoms with Crippen LogP contribution in [0.3, 0.4) is 0 Å². The quantitative estimate of drug-likeness (QED) is 0.854. The molecule has 19 heavy (non-hydrogen) atoms. The molecule has 0 aliphatic carbocycles. The topological polar surface area (TPSA) is 72.6 Å². The van der Waals surface area contributed by atoms with Gasteiger partial charge in [-0.3, -0.25) is 4.79 Å². The van der Waals surface area contributed by atoms with Gasteiger partial charge in [-0.1, -0.05) is 23.4 Å². The number of ether oxygens (including phenoxy) is 1. The van der Waals surface area contributed by atoms with E-state index in [9.17, 15) is 9.90 Å². The van der Waals surface area contributed by atoms with Crippen LogP contribution >= 0.6 is 0 Å². The molecule has 5 heteroatoms. The Labute approximate surface area is 110 Å². The van der Waals surface area contributed by atoms with Crippen LogP contribution < -0.4 is 0 Å². The largest absolute Gasteiger partial charge is 0.507 e. The highest BCUT2D eigenvalue weighted by Gasteiger charge is 2.08. The highest BCUT2D eigenvalue weighted by Crippen LogP contribution is 2.30. The van der Waals surface area contributed by atoms with E-state index >= 15 is 0 Å². The molecule has 0 spiro atoms. The summed E-state index contributed by atoms with van der Waals surface area (Å²) in [4.78, 5) is 11.0. The molecule has 2 rings (SSSR count). The Bertz CT molecular complexity index is 587. The van der Waals surface area contributed by atoms with Crippen molar-refractivity contribution in [2.45, 2.75) is 6.42 Å². The van der Waals surface area contributed by atoms with E-state index in [1.807, 2.05) is 0 Å². The molecule has 0 atom stereocenters. The van der Waals surface area contributed by atoms with E-state index in [1.54, 1.807) is 36.4 Å². The summed E-state index contributed by atoms with van der Waals surface area (Å²) < 4.78 is 9.54. The van der Waals surface area contributed by atoms with Crippen molar-refractivity contribution >= 4 is 12.0 Å². The number of esters is 1. The normalized spacial score (nSPS) is 10.8. The maximum atomic E-state index is 11.0. The molecule has 0 fully saturated rings. The van der Waals surface area contributed by atoms with Crippen molar-refractivity contribution in [3.8, 4) is 17.1 Å². The fourth-order valence-corrected chi connectivity index (χ4v) is 1.58. The monoisotopic (exact) mass is 259 g/mol. The fraction of sp³-hybridized carbons (Fsp3) is 0.143. The zero-order valence-corrected chi connectivity index (χ0v) is 10.4. The van der Waals surface area contributed by atoms with Crippen LogP contribution in [0.25, 0.3) is 17.4 Å². The number of carbonyl (C=O) groups excluding carboxylic acids is 1. The molecule has 5 nitrogen and oxygen atoms in total. The number of hydrogen-bond donors (Lipinski definition) is 1. The third-order valence-electron chi connectivity index (χ3n) is 2.55. The van der Waals surface area contributed by atoms with Gasteiger partial charge in [-0.2, -0.15) is 0 Å². The van der Waals surface area contributed by atoms with Gasteiger partial charge in [0.1, 0.15) is 5.75 Å². The zero-order valence-electron chi connectivity index (χ0n) is 10.4. The summed E-state index contributed by atoms with van der Waals surface area (Å²) >= 11 is 0. The molecule has 1 heterocycles. The minimum absolute atomic E-state index is 0.113. The second-order valence-corrected chi connectivity index (χ2v) is 3.84. The summed E-state index contributed by atoms with van der Waals surface area (Å²) in [6.45, 7) is 0. The van der Waals surface area contributed by atoms with Crippen LogP contribution in [-0.2, 0) is 9.53 Å². The van der Waals surface area contributed by atoms with E-state index in [-0.39, 0.29) is 18.1 Å². The average Bonchev–Trinajstić information content (AvgIpc) is 2.94. The number of nitrogens with zero attached hydrogens (tertiary/aromatic N) is 1. The second kappa shape index (κ2) is 5.86. The number of phenolic OH excluding ortho intramolecular Hbond substituents is 1. The van der Waals surface area contributed by atoms with E-state index in [0.717, 1.165) is 5.56 Å². The van der Waals surface area contributed by atoms with Crippen LogP contribution in [0.4, 0.5) is 0 Å². The highest BCUT2D eigenvalue weighted by molar-refractivity contribution is 5.73. The first-order chi connectivity index (χ1) is 9.20. The predicted molar refractivity (Wildman–Crippen MR) is 69.3 cm³/mol. The van der Waals surface area contributed by atoms with Crippen molar-refractivity contribution < 1.29 is 19.2 Å². The minimum atomic E-state index is -0.300. The number of hydrogen-bond acceptors (Lipinski definition) is 5. The first kappa shape index (κ1) is 12.9. The van der Waals surface area contributed by atoms with Crippen LogP contribution in [0.5, 0.6) is 5.75 Å². The van der Waals surface area contributed by atoms with E-state index in [2.05, 4.69) is 9.89 Å². The predicted octanol–water partition coefficient (Wildman–Crippen LogP) is 2.62. The first-order valence-electron chi connectivity index (χ1n) is 5.68. The number of phenols is 1. The maximum absolute atomic E-state index is 11.0. The van der Waals surface area contributed by atoms with Gasteiger partial charge in [-0.25, -0.2) is 0 Å². The van der Waals surface area contributed by atoms with Crippen molar-refractivity contribution in [3.05, 3.63) is 42.1 Å². The van der Waals surface area contributed by atoms with Gasteiger partial charge in [0.05, 0.1) is 25.3 Å². The van der Waals surface area contributed by atoms with Crippen LogP contribution in [0.2, 0.25) is 0 Å². The number of benzene rings is 1. The lowest BCUT2D eigenvalue weighted by Gasteiger charge is -2.02. The zero-order chi connectivity index (χ0) is 13.7. The lowest BCUT2D eigenvalue weighted by molar-refractivity contribution is -0.139. The fourth-order valence-electron chi connectivity index (χ4n) is 1.58. The van der Waals surface area contributed by atoms with Gasteiger partial charge >= 0.3 is 5.97 Å². The molecule has 0 radical (unpaired) electrons. The summed E-state index contributed by atoms with van der Waals surface area (Å²) in [7, 11) is 1.35. The number of aromatic hydroxyl groups is 1. The smallest absolute Gasteiger partial charge is 0.309 e. The van der Waals surface area contributed by atoms with Crippen LogP contribution in [0.1, 0.15) is 12.0 Å². The van der Waals surface area contributed by atoms with Gasteiger partial charge in [0, 0.05) is 6.07 Å². The van der Waals surface area contributed by atoms with Crippen molar-refractivity contribution in [2.24, 2.45) is 0 Å². The molecule has 0 aliphatic heterocycles. The van der Waals surface area contributed by atoms with E-state index in [0.29, 0.717) is 11.3 Å². The van der Waals surface area contributed by atoms with Gasteiger partial charge in [0.25, 0.3) is 0 Å². The molecule has 2 aromatic rings. The first-order valence-corrected chi connectivity index (χ1v) is 5.68. The number of aromatic nitrogens is 1. The molecule has 98 valence electrons. The minimum Gasteiger partial charge on any atom is -0.507 e. The van der Waals surface area contributed by atoms with Crippen molar-refractivity contribution in [1.29, 1.82) is 0 Å². The van der Waals surface area contributed by atoms with Gasteiger partial charge in [-0.05, 0) is 17.7 Å². The molecular weight excluding hydrogens is 246 g/mol. The van der Waals surface area contributed by atoms with E-state index in [4.69, 9.17) is 4.52 Å². The molecular formula is C14H13NO4. The lowest BCUT2D eigenvalue weighted by atomic mass is 10.1. The highest BCUT2D eigenvalue weighted by atomic mass is 16.5. The summed E-state index contributed by atoms with van der Waals surface area (Å²) in [6.07, 6.45) is 5.18. The Morgan fingerprint density at radius 3 is 3.00 bits per heavy atom. The number of methoxy groups -OCH3 is 1. The Balaban J connectivity index is 2.20. The number of carbonyl (C=O) groups is 1. The van der Waals surface area contributed by atoms with Crippen molar-refractivity contribution in [2.75, 3.05) is 7.11 Å². The average molecular weight is 259 g/mol. The van der Waals surface area contributed by atoms with Crippen LogP contribution in [-0.4, -0.2) is 23.3 Å². The molecule has 1 N–H and O–H groups in total. The number of rotatable bonds is 4. The van der Waals surface area contributed by atoms with Crippen molar-refractivity contribution in [3.63, 3.8) is 0 Å². The van der Waals surface area contributed by atoms with Gasteiger partial charge in [-0.15, -0.1) is 0 Å². The Morgan fingerprint density at radius 1 is 1.47 bits per heavy atom. The van der Waals surface area contributed by atoms with E-state index < -0.39 is 0 Å². The molecule has 0 aliphatic rings. The van der Waals surface area contributed by atoms with Crippen LogP contribution in [0, 0.1) is 0 Å². The SMILES string of the molecule is COC(=O)CC=Cc1ccc(O)c(-c2ccno2)c1. The summed E-state index contributed by atoms with van der Waals surface area (Å²) in [6, 6.07) is 6.72. The molecule has 0 amide bonds. The second-order valence-electron chi connectivity index (χ2n) is 3.84.